The molecule has 32 nitrogen and oxygen atoms in total. The molecule has 6 atom stereocenters. The van der Waals surface area contributed by atoms with E-state index in [0.29, 0.717) is 116 Å². The van der Waals surface area contributed by atoms with Gasteiger partial charge >= 0.3 is 23.9 Å². The Labute approximate surface area is 746 Å². The Morgan fingerprint density at radius 3 is 1.07 bits per heavy atom. The highest BCUT2D eigenvalue weighted by Gasteiger charge is 2.31. The van der Waals surface area contributed by atoms with E-state index < -0.39 is 65.3 Å². The molecule has 0 saturated carbocycles. The molecule has 16 N–H and O–H groups in total. The lowest BCUT2D eigenvalue weighted by molar-refractivity contribution is -0.144. The van der Waals surface area contributed by atoms with Crippen LogP contribution in [0.4, 0.5) is 0 Å². The zero-order valence-corrected chi connectivity index (χ0v) is 76.8. The van der Waals surface area contributed by atoms with Gasteiger partial charge in [-0.05, 0) is 117 Å². The second kappa shape index (κ2) is 80.1. The summed E-state index contributed by atoms with van der Waals surface area (Å²) in [6.45, 7) is 6.61. The maximum absolute atomic E-state index is 13.8. The summed E-state index contributed by atoms with van der Waals surface area (Å²) in [5.41, 5.74) is 17.3. The predicted octanol–water partition coefficient (Wildman–Crippen LogP) is 12.0. The molecule has 0 aliphatic rings. The molecular formula is C93H167N9O23. The molecule has 32 heteroatoms. The first kappa shape index (κ1) is 118. The largest absolute Gasteiger partial charge is 0.481 e. The Morgan fingerprint density at radius 1 is 0.304 bits per heavy atom. The van der Waals surface area contributed by atoms with Gasteiger partial charge in [-0.2, -0.15) is 0 Å². The van der Waals surface area contributed by atoms with Crippen LogP contribution in [0.2, 0.25) is 0 Å². The summed E-state index contributed by atoms with van der Waals surface area (Å²) in [7, 11) is 0. The second-order valence-electron chi connectivity index (χ2n) is 34.5. The molecule has 0 rings (SSSR count). The molecule has 0 fully saturated rings. The van der Waals surface area contributed by atoms with E-state index >= 15 is 0 Å². The van der Waals surface area contributed by atoms with E-state index in [2.05, 4.69) is 31.9 Å². The minimum Gasteiger partial charge on any atom is -0.481 e. The van der Waals surface area contributed by atoms with Crippen LogP contribution in [0.1, 0.15) is 374 Å². The van der Waals surface area contributed by atoms with Gasteiger partial charge in [-0.15, -0.1) is 0 Å². The highest BCUT2D eigenvalue weighted by Crippen LogP contribution is 2.26. The molecule has 0 aromatic rings. The normalized spacial score (nSPS) is 12.9. The lowest BCUT2D eigenvalue weighted by Gasteiger charge is -2.23. The topological polar surface area (TPSA) is 524 Å². The molecule has 125 heavy (non-hydrogen) atoms. The Kier molecular flexibility index (Phi) is 75.5. The van der Waals surface area contributed by atoms with Crippen molar-refractivity contribution >= 4 is 88.2 Å². The number of carboxylic acids is 4. The van der Waals surface area contributed by atoms with E-state index in [1.807, 2.05) is 0 Å². The van der Waals surface area contributed by atoms with E-state index in [1.54, 1.807) is 13.8 Å². The Hall–Kier alpha value is -7.23. The van der Waals surface area contributed by atoms with Gasteiger partial charge in [-0.1, -0.05) is 193 Å². The molecule has 0 unspecified atom stereocenters. The minimum atomic E-state index is -1.20. The van der Waals surface area contributed by atoms with Crippen LogP contribution in [0, 0.1) is 17.8 Å². The van der Waals surface area contributed by atoms with Gasteiger partial charge in [-0.25, -0.2) is 4.79 Å². The van der Waals surface area contributed by atoms with Crippen molar-refractivity contribution in [3.63, 3.8) is 0 Å². The van der Waals surface area contributed by atoms with Crippen LogP contribution in [0.25, 0.3) is 0 Å². The number of carbonyl (C=O) groups excluding carboxylic acids is 11. The maximum Gasteiger partial charge on any atom is 0.326 e. The van der Waals surface area contributed by atoms with Crippen molar-refractivity contribution in [1.82, 2.24) is 31.9 Å². The number of unbranched alkanes of at least 4 members (excludes halogenated alkanes) is 33. The standard InChI is InChI=1S/C93H167N9O23/c1-72(103)73(43-37-40-57-100-89(116)78(94)47-33-30-32-46-77(105)70-124-65-63-122-61-59-98-83(108)54-52-75(91(118)119)67-76(104)45-31-26-22-18-14-10-8-9-13-17-21-25-29-36-51-88(114)115)68-81(106)74(69-82(107)93(2,3)96)44-38-41-58-101-90(117)79(95)48-39-42-56-97-86(111)71-125-66-64-123-62-60-99-84(109)55-53-80(92(120)121)102-85(110)49-34-27-23-19-15-11-6-4-5-7-12-16-20-24-28-35-50-87(112)113/h73-75,78-80H,4-71,94-96H2,1-3H3,(H,97,111)(H,98,108)(H,99,109)(H,100,116)(H,101,117)(H,102,110)(H,112,113)(H,114,115)(H,118,119)(H,120,121)/t73-,74-,75-,78+,79+,80+/m1/s1. The highest BCUT2D eigenvalue weighted by molar-refractivity contribution is 5.94. The third kappa shape index (κ3) is 75.5. The number of Topliss-reactive ketones (excluding diaryl/α,β-unsaturated/α-hetero) is 5. The van der Waals surface area contributed by atoms with Gasteiger partial charge in [0.1, 0.15) is 36.6 Å². The number of carboxylic acid groups (broad SMARTS) is 4. The fourth-order valence-electron chi connectivity index (χ4n) is 14.4. The number of aliphatic carboxylic acids is 4. The predicted molar refractivity (Wildman–Crippen MR) is 480 cm³/mol. The van der Waals surface area contributed by atoms with Crippen molar-refractivity contribution in [2.75, 3.05) is 85.6 Å². The van der Waals surface area contributed by atoms with Gasteiger partial charge in [0, 0.05) is 109 Å². The van der Waals surface area contributed by atoms with Crippen molar-refractivity contribution in [2.45, 2.75) is 398 Å². The average molecular weight is 1780 g/mol. The number of rotatable bonds is 93. The molecule has 0 aromatic carbocycles. The van der Waals surface area contributed by atoms with Gasteiger partial charge in [0.05, 0.1) is 63.2 Å². The van der Waals surface area contributed by atoms with Crippen LogP contribution >= 0.6 is 0 Å². The molecule has 6 amide bonds. The lowest BCUT2D eigenvalue weighted by atomic mass is 9.82. The monoisotopic (exact) mass is 1780 g/mol. The van der Waals surface area contributed by atoms with Crippen molar-refractivity contribution in [1.29, 1.82) is 0 Å². The number of hydrogen-bond donors (Lipinski definition) is 13. The number of nitrogens with two attached hydrogens (primary N) is 3. The number of amides is 6. The molecule has 722 valence electrons. The first-order valence-electron chi connectivity index (χ1n) is 47.7. The summed E-state index contributed by atoms with van der Waals surface area (Å²) < 4.78 is 21.8. The number of hydrogen-bond acceptors (Lipinski definition) is 22. The fourth-order valence-corrected chi connectivity index (χ4v) is 14.4. The molecule has 0 saturated heterocycles. The van der Waals surface area contributed by atoms with E-state index in [0.717, 1.165) is 103 Å². The summed E-state index contributed by atoms with van der Waals surface area (Å²) in [6, 6.07) is -2.71. The molecule has 0 radical (unpaired) electrons. The maximum atomic E-state index is 13.8. The molecule has 0 spiro atoms. The zero-order chi connectivity index (χ0) is 92.8. The van der Waals surface area contributed by atoms with E-state index in [9.17, 15) is 82.1 Å². The van der Waals surface area contributed by atoms with Crippen LogP contribution in [-0.4, -0.2) is 218 Å². The summed E-state index contributed by atoms with van der Waals surface area (Å²) in [4.78, 5) is 185. The molecule has 0 bridgehead atoms. The van der Waals surface area contributed by atoms with Gasteiger partial charge in [0.2, 0.25) is 35.4 Å². The molecule has 0 aliphatic heterocycles. The second-order valence-corrected chi connectivity index (χ2v) is 34.5. The van der Waals surface area contributed by atoms with Crippen molar-refractivity contribution in [2.24, 2.45) is 35.0 Å². The first-order valence-corrected chi connectivity index (χ1v) is 47.7. The Morgan fingerprint density at radius 2 is 0.656 bits per heavy atom. The summed E-state index contributed by atoms with van der Waals surface area (Å²) in [6.07, 6.45) is 40.2. The van der Waals surface area contributed by atoms with Crippen LogP contribution in [-0.2, 0) is 90.9 Å². The van der Waals surface area contributed by atoms with Crippen LogP contribution < -0.4 is 49.1 Å². The summed E-state index contributed by atoms with van der Waals surface area (Å²) in [5, 5.41) is 53.1. The smallest absolute Gasteiger partial charge is 0.326 e. The third-order valence-corrected chi connectivity index (χ3v) is 22.4. The highest BCUT2D eigenvalue weighted by atomic mass is 16.5. The van der Waals surface area contributed by atoms with Gasteiger partial charge < -0.3 is 88.5 Å². The number of ether oxygens (including phenoxy) is 4. The Balaban J connectivity index is 4.24. The SMILES string of the molecule is CC(=O)[C@H](CCCCNC(=O)[C@@H](N)CCCCCC(=O)COCCOCCNC(=O)CC[C@H](CC(=O)CCCCCCCCCCCCCCCCC(=O)O)C(=O)O)CC(=O)[C@H](CCCCNC(=O)[C@@H](N)CCCCNC(=O)COCCOCCNC(=O)CC[C@H](NC(=O)CCCCCCCCCCCCCCCCCCC(=O)O)C(=O)O)CC(=O)C(C)(C)N. The molecule has 0 aliphatic carbocycles. The van der Waals surface area contributed by atoms with E-state index in [1.165, 1.54) is 90.4 Å². The van der Waals surface area contributed by atoms with E-state index in [4.69, 9.17) is 46.4 Å². The zero-order valence-electron chi connectivity index (χ0n) is 76.8. The summed E-state index contributed by atoms with van der Waals surface area (Å²) in [5.74, 6) is -8.84. The van der Waals surface area contributed by atoms with E-state index in [-0.39, 0.29) is 201 Å². The molecule has 0 heterocycles. The lowest BCUT2D eigenvalue weighted by Crippen LogP contribution is -2.43. The Bertz CT molecular complexity index is 2970. The third-order valence-electron chi connectivity index (χ3n) is 22.4. The number of nitrogens with one attached hydrogen (secondary N) is 6. The average Bonchev–Trinajstić information content (AvgIpc) is 0.863. The van der Waals surface area contributed by atoms with Crippen LogP contribution in [0.5, 0.6) is 0 Å². The summed E-state index contributed by atoms with van der Waals surface area (Å²) >= 11 is 0. The number of ketones is 5. The van der Waals surface area contributed by atoms with Crippen molar-refractivity contribution in [3.05, 3.63) is 0 Å². The quantitative estimate of drug-likeness (QED) is 0.0252. The van der Waals surface area contributed by atoms with Gasteiger partial charge in [0.15, 0.2) is 11.6 Å². The van der Waals surface area contributed by atoms with Crippen LogP contribution in [0.15, 0.2) is 0 Å². The minimum absolute atomic E-state index is 0.0302. The number of carbonyl (C=O) groups is 15. The molecule has 0 aromatic heterocycles. The first-order chi connectivity index (χ1) is 59.9. The van der Waals surface area contributed by atoms with Crippen LogP contribution in [0.3, 0.4) is 0 Å². The fraction of sp³-hybridized carbons (Fsp3) is 0.839. The van der Waals surface area contributed by atoms with Crippen molar-refractivity contribution in [3.8, 4) is 0 Å². The van der Waals surface area contributed by atoms with Gasteiger partial charge in [0.25, 0.3) is 0 Å². The van der Waals surface area contributed by atoms with Crippen molar-refractivity contribution < 1.29 is 111 Å². The van der Waals surface area contributed by atoms with Gasteiger partial charge in [-0.3, -0.25) is 67.1 Å². The molecular weight excluding hydrogens is 1610 g/mol.